The van der Waals surface area contributed by atoms with Gasteiger partial charge in [-0.15, -0.1) is 0 Å². The molecule has 1 saturated carbocycles. The first-order valence-corrected chi connectivity index (χ1v) is 9.78. The molecule has 1 aliphatic rings. The Morgan fingerprint density at radius 1 is 1.53 bits per heavy atom. The maximum Gasteiger partial charge on any atom is 0.249 e. The SMILES string of the molecule is CCSC1CCCCC1Nc1ncc(S(N)(=O)=O)s1. The van der Waals surface area contributed by atoms with Crippen LogP contribution in [0.3, 0.4) is 0 Å². The number of primary sulfonamides is 1. The van der Waals surface area contributed by atoms with E-state index in [0.717, 1.165) is 23.5 Å². The average Bonchev–Trinajstić information content (AvgIpc) is 2.80. The third-order valence-corrected chi connectivity index (χ3v) is 6.82. The second kappa shape index (κ2) is 6.43. The zero-order valence-corrected chi connectivity index (χ0v) is 13.3. The molecule has 1 fully saturated rings. The molecule has 0 aliphatic heterocycles. The summed E-state index contributed by atoms with van der Waals surface area (Å²) in [4.78, 5) is 4.11. The molecule has 0 bridgehead atoms. The molecule has 108 valence electrons. The Labute approximate surface area is 122 Å². The normalized spacial score (nSPS) is 24.3. The molecule has 1 aromatic heterocycles. The number of hydrogen-bond acceptors (Lipinski definition) is 6. The smallest absolute Gasteiger partial charge is 0.249 e. The van der Waals surface area contributed by atoms with Crippen molar-refractivity contribution >= 4 is 38.3 Å². The van der Waals surface area contributed by atoms with Gasteiger partial charge < -0.3 is 5.32 Å². The van der Waals surface area contributed by atoms with E-state index < -0.39 is 10.0 Å². The molecule has 8 heteroatoms. The van der Waals surface area contributed by atoms with E-state index in [1.54, 1.807) is 0 Å². The number of nitrogens with two attached hydrogens (primary N) is 1. The predicted octanol–water partition coefficient (Wildman–Crippen LogP) is 2.27. The van der Waals surface area contributed by atoms with Crippen LogP contribution in [0.2, 0.25) is 0 Å². The maximum absolute atomic E-state index is 11.2. The van der Waals surface area contributed by atoms with Crippen molar-refractivity contribution in [1.82, 2.24) is 4.98 Å². The first-order chi connectivity index (χ1) is 9.00. The zero-order chi connectivity index (χ0) is 13.9. The Morgan fingerprint density at radius 3 is 2.89 bits per heavy atom. The minimum atomic E-state index is -3.64. The van der Waals surface area contributed by atoms with Crippen LogP contribution in [0, 0.1) is 0 Å². The highest BCUT2D eigenvalue weighted by molar-refractivity contribution is 7.99. The molecular weight excluding hydrogens is 302 g/mol. The van der Waals surface area contributed by atoms with E-state index in [-0.39, 0.29) is 4.21 Å². The van der Waals surface area contributed by atoms with Crippen LogP contribution in [0.1, 0.15) is 32.6 Å². The van der Waals surface area contributed by atoms with E-state index in [1.165, 1.54) is 25.5 Å². The van der Waals surface area contributed by atoms with Gasteiger partial charge in [0.25, 0.3) is 0 Å². The van der Waals surface area contributed by atoms with Crippen LogP contribution in [0.15, 0.2) is 10.4 Å². The second-order valence-electron chi connectivity index (χ2n) is 4.56. The van der Waals surface area contributed by atoms with E-state index in [0.29, 0.717) is 16.4 Å². The highest BCUT2D eigenvalue weighted by Gasteiger charge is 2.26. The molecular formula is C11H19N3O2S3. The number of thioether (sulfide) groups is 1. The van der Waals surface area contributed by atoms with Crippen molar-refractivity contribution in [3.63, 3.8) is 0 Å². The Hall–Kier alpha value is -0.310. The third-order valence-electron chi connectivity index (χ3n) is 3.16. The van der Waals surface area contributed by atoms with Gasteiger partial charge in [0, 0.05) is 11.3 Å². The average molecular weight is 321 g/mol. The minimum absolute atomic E-state index is 0.116. The fourth-order valence-electron chi connectivity index (χ4n) is 2.29. The van der Waals surface area contributed by atoms with Gasteiger partial charge in [-0.3, -0.25) is 0 Å². The fraction of sp³-hybridized carbons (Fsp3) is 0.727. The van der Waals surface area contributed by atoms with E-state index >= 15 is 0 Å². The number of hydrogen-bond donors (Lipinski definition) is 2. The van der Waals surface area contributed by atoms with Gasteiger partial charge in [0.15, 0.2) is 9.34 Å². The molecule has 0 saturated heterocycles. The number of thiazole rings is 1. The van der Waals surface area contributed by atoms with Crippen LogP contribution in [0.4, 0.5) is 5.13 Å². The molecule has 0 aromatic carbocycles. The molecule has 2 atom stereocenters. The van der Waals surface area contributed by atoms with Crippen molar-refractivity contribution < 1.29 is 8.42 Å². The first kappa shape index (κ1) is 15.1. The van der Waals surface area contributed by atoms with Crippen LogP contribution in [-0.4, -0.2) is 30.4 Å². The van der Waals surface area contributed by atoms with Gasteiger partial charge in [-0.05, 0) is 18.6 Å². The zero-order valence-electron chi connectivity index (χ0n) is 10.8. The standard InChI is InChI=1S/C11H19N3O2S3/c1-2-17-9-6-4-3-5-8(9)14-11-13-7-10(18-11)19(12,15)16/h7-9H,2-6H2,1H3,(H,13,14)(H2,12,15,16). The molecule has 5 nitrogen and oxygen atoms in total. The van der Waals surface area contributed by atoms with Gasteiger partial charge in [0.05, 0.1) is 6.20 Å². The lowest BCUT2D eigenvalue weighted by molar-refractivity contribution is 0.474. The number of rotatable bonds is 5. The summed E-state index contributed by atoms with van der Waals surface area (Å²) in [5.74, 6) is 1.10. The Bertz CT molecular complexity index is 513. The summed E-state index contributed by atoms with van der Waals surface area (Å²) in [5, 5.41) is 9.70. The van der Waals surface area contributed by atoms with Crippen molar-refractivity contribution in [1.29, 1.82) is 0 Å². The molecule has 1 aliphatic carbocycles. The monoisotopic (exact) mass is 321 g/mol. The van der Waals surface area contributed by atoms with Gasteiger partial charge in [0.2, 0.25) is 10.0 Å². The largest absolute Gasteiger partial charge is 0.358 e. The van der Waals surface area contributed by atoms with Crippen LogP contribution in [0.5, 0.6) is 0 Å². The molecule has 2 unspecified atom stereocenters. The molecule has 0 radical (unpaired) electrons. The molecule has 0 spiro atoms. The van der Waals surface area contributed by atoms with E-state index in [2.05, 4.69) is 17.2 Å². The van der Waals surface area contributed by atoms with Crippen LogP contribution >= 0.6 is 23.1 Å². The van der Waals surface area contributed by atoms with Crippen LogP contribution in [0.25, 0.3) is 0 Å². The van der Waals surface area contributed by atoms with E-state index in [1.807, 2.05) is 11.8 Å². The van der Waals surface area contributed by atoms with Gasteiger partial charge in [0.1, 0.15) is 0 Å². The number of sulfonamides is 1. The lowest BCUT2D eigenvalue weighted by atomic mass is 9.95. The highest BCUT2D eigenvalue weighted by atomic mass is 32.2. The third kappa shape index (κ3) is 4.08. The summed E-state index contributed by atoms with van der Waals surface area (Å²) in [6.45, 7) is 2.17. The van der Waals surface area contributed by atoms with Crippen molar-refractivity contribution in [2.24, 2.45) is 5.14 Å². The predicted molar refractivity (Wildman–Crippen MR) is 81.3 cm³/mol. The van der Waals surface area contributed by atoms with Crippen LogP contribution < -0.4 is 10.5 Å². The maximum atomic E-state index is 11.2. The number of nitrogens with one attached hydrogen (secondary N) is 1. The Balaban J connectivity index is 2.04. The van der Waals surface area contributed by atoms with Crippen molar-refractivity contribution in [3.8, 4) is 0 Å². The van der Waals surface area contributed by atoms with Gasteiger partial charge >= 0.3 is 0 Å². The van der Waals surface area contributed by atoms with Crippen molar-refractivity contribution in [3.05, 3.63) is 6.20 Å². The van der Waals surface area contributed by atoms with Gasteiger partial charge in [-0.25, -0.2) is 18.5 Å². The number of anilines is 1. The molecule has 1 heterocycles. The molecule has 19 heavy (non-hydrogen) atoms. The summed E-state index contributed by atoms with van der Waals surface area (Å²) in [6.07, 6.45) is 6.14. The van der Waals surface area contributed by atoms with Gasteiger partial charge in [-0.2, -0.15) is 11.8 Å². The summed E-state index contributed by atoms with van der Waals surface area (Å²) in [5.41, 5.74) is 0. The summed E-state index contributed by atoms with van der Waals surface area (Å²) in [7, 11) is -3.64. The van der Waals surface area contributed by atoms with Crippen molar-refractivity contribution in [2.75, 3.05) is 11.1 Å². The fourth-order valence-corrected chi connectivity index (χ4v) is 5.00. The second-order valence-corrected chi connectivity index (χ2v) is 8.89. The summed E-state index contributed by atoms with van der Waals surface area (Å²) >= 11 is 3.07. The molecule has 2 rings (SSSR count). The lowest BCUT2D eigenvalue weighted by Gasteiger charge is -2.31. The van der Waals surface area contributed by atoms with Crippen LogP contribution in [-0.2, 0) is 10.0 Å². The molecule has 0 amide bonds. The van der Waals surface area contributed by atoms with E-state index in [4.69, 9.17) is 5.14 Å². The van der Waals surface area contributed by atoms with Crippen molar-refractivity contribution in [2.45, 2.75) is 48.1 Å². The Morgan fingerprint density at radius 2 is 2.26 bits per heavy atom. The number of aromatic nitrogens is 1. The highest BCUT2D eigenvalue weighted by Crippen LogP contribution is 2.32. The molecule has 1 aromatic rings. The topological polar surface area (TPSA) is 85.1 Å². The quantitative estimate of drug-likeness (QED) is 0.869. The first-order valence-electron chi connectivity index (χ1n) is 6.37. The van der Waals surface area contributed by atoms with Gasteiger partial charge in [-0.1, -0.05) is 31.1 Å². The van der Waals surface area contributed by atoms with E-state index in [9.17, 15) is 8.42 Å². The molecule has 3 N–H and O–H groups in total. The lowest BCUT2D eigenvalue weighted by Crippen LogP contribution is -2.34. The summed E-state index contributed by atoms with van der Waals surface area (Å²) in [6, 6.07) is 0.373. The summed E-state index contributed by atoms with van der Waals surface area (Å²) < 4.78 is 22.6. The number of nitrogens with zero attached hydrogens (tertiary/aromatic N) is 1. The minimum Gasteiger partial charge on any atom is -0.358 e. The Kier molecular flexibility index (Phi) is 5.10.